The van der Waals surface area contributed by atoms with Crippen LogP contribution in [0.5, 0.6) is 0 Å². The number of rotatable bonds is 6. The van der Waals surface area contributed by atoms with E-state index >= 15 is 0 Å². The highest BCUT2D eigenvalue weighted by Gasteiger charge is 2.24. The van der Waals surface area contributed by atoms with Gasteiger partial charge in [-0.15, -0.1) is 12.4 Å². The van der Waals surface area contributed by atoms with Crippen molar-refractivity contribution in [3.8, 4) is 0 Å². The topological polar surface area (TPSA) is 55.6 Å². The van der Waals surface area contributed by atoms with E-state index < -0.39 is 0 Å². The van der Waals surface area contributed by atoms with Gasteiger partial charge in [0, 0.05) is 38.8 Å². The molecule has 124 valence electrons. The molecule has 1 saturated heterocycles. The van der Waals surface area contributed by atoms with Crippen LogP contribution in [0.2, 0.25) is 0 Å². The smallest absolute Gasteiger partial charge is 0.226 e. The quantitative estimate of drug-likeness (QED) is 0.873. The maximum atomic E-state index is 12.6. The maximum Gasteiger partial charge on any atom is 0.226 e. The summed E-state index contributed by atoms with van der Waals surface area (Å²) in [5, 5.41) is 0. The van der Waals surface area contributed by atoms with E-state index in [-0.39, 0.29) is 24.2 Å². The van der Waals surface area contributed by atoms with Crippen molar-refractivity contribution in [1.82, 2.24) is 4.90 Å². The summed E-state index contributed by atoms with van der Waals surface area (Å²) in [4.78, 5) is 14.5. The minimum Gasteiger partial charge on any atom is -0.381 e. The van der Waals surface area contributed by atoms with Crippen LogP contribution in [0.1, 0.15) is 25.3 Å². The number of nitrogens with two attached hydrogens (primary N) is 1. The molecule has 0 aromatic heterocycles. The second-order valence-corrected chi connectivity index (χ2v) is 5.90. The number of hydrogen-bond donors (Lipinski definition) is 1. The molecule has 1 aromatic rings. The molecule has 1 heterocycles. The van der Waals surface area contributed by atoms with Gasteiger partial charge in [0.1, 0.15) is 0 Å². The molecule has 0 radical (unpaired) electrons. The molecule has 2 N–H and O–H groups in total. The fraction of sp³-hybridized carbons (Fsp3) is 0.588. The molecule has 4 nitrogen and oxygen atoms in total. The zero-order valence-corrected chi connectivity index (χ0v) is 14.1. The predicted molar refractivity (Wildman–Crippen MR) is 90.9 cm³/mol. The highest BCUT2D eigenvalue weighted by Crippen LogP contribution is 2.19. The Morgan fingerprint density at radius 3 is 2.55 bits per heavy atom. The fourth-order valence-corrected chi connectivity index (χ4v) is 2.69. The predicted octanol–water partition coefficient (Wildman–Crippen LogP) is 2.46. The van der Waals surface area contributed by atoms with E-state index in [1.807, 2.05) is 30.0 Å². The molecule has 0 aliphatic carbocycles. The number of halogens is 1. The summed E-state index contributed by atoms with van der Waals surface area (Å²) in [7, 11) is 0. The molecule has 0 saturated carbocycles. The second kappa shape index (κ2) is 9.82. The van der Waals surface area contributed by atoms with E-state index in [0.717, 1.165) is 32.6 Å². The van der Waals surface area contributed by atoms with Crippen molar-refractivity contribution in [3.05, 3.63) is 35.9 Å². The van der Waals surface area contributed by atoms with Crippen molar-refractivity contribution in [2.24, 2.45) is 17.6 Å². The van der Waals surface area contributed by atoms with Gasteiger partial charge in [-0.25, -0.2) is 0 Å². The second-order valence-electron chi connectivity index (χ2n) is 5.90. The number of ether oxygens (including phenoxy) is 1. The van der Waals surface area contributed by atoms with Gasteiger partial charge in [-0.3, -0.25) is 4.79 Å². The third-order valence-corrected chi connectivity index (χ3v) is 4.12. The lowest BCUT2D eigenvalue weighted by molar-refractivity contribution is -0.136. The van der Waals surface area contributed by atoms with Crippen LogP contribution >= 0.6 is 12.4 Å². The largest absolute Gasteiger partial charge is 0.381 e. The molecule has 0 spiro atoms. The number of nitrogens with zero attached hydrogens (tertiary/aromatic N) is 1. The first-order valence-corrected chi connectivity index (χ1v) is 7.81. The lowest BCUT2D eigenvalue weighted by Gasteiger charge is -2.31. The third-order valence-electron chi connectivity index (χ3n) is 4.12. The van der Waals surface area contributed by atoms with Gasteiger partial charge < -0.3 is 15.4 Å². The number of carbonyl (C=O) groups is 1. The van der Waals surface area contributed by atoms with Gasteiger partial charge in [0.05, 0.1) is 0 Å². The summed E-state index contributed by atoms with van der Waals surface area (Å²) in [6.07, 6.45) is 2.07. The summed E-state index contributed by atoms with van der Waals surface area (Å²) >= 11 is 0. The summed E-state index contributed by atoms with van der Waals surface area (Å²) in [6.45, 7) is 5.40. The molecule has 22 heavy (non-hydrogen) atoms. The average Bonchev–Trinajstić information content (AvgIpc) is 2.54. The number of hydrogen-bond acceptors (Lipinski definition) is 3. The van der Waals surface area contributed by atoms with E-state index in [4.69, 9.17) is 10.5 Å². The Kier molecular flexibility index (Phi) is 8.46. The van der Waals surface area contributed by atoms with Gasteiger partial charge >= 0.3 is 0 Å². The zero-order valence-electron chi connectivity index (χ0n) is 13.2. The van der Waals surface area contributed by atoms with Crippen LogP contribution in [0.25, 0.3) is 0 Å². The van der Waals surface area contributed by atoms with Crippen LogP contribution in [0, 0.1) is 11.8 Å². The Labute approximate surface area is 139 Å². The van der Waals surface area contributed by atoms with Crippen molar-refractivity contribution in [3.63, 3.8) is 0 Å². The number of carbonyl (C=O) groups excluding carboxylic acids is 1. The van der Waals surface area contributed by atoms with Crippen LogP contribution in [-0.4, -0.2) is 37.1 Å². The lowest BCUT2D eigenvalue weighted by atomic mass is 9.98. The molecule has 1 atom stereocenters. The third kappa shape index (κ3) is 5.59. The molecule has 0 bridgehead atoms. The number of benzene rings is 1. The van der Waals surface area contributed by atoms with Crippen molar-refractivity contribution >= 4 is 18.3 Å². The van der Waals surface area contributed by atoms with Crippen molar-refractivity contribution in [1.29, 1.82) is 0 Å². The molecule has 1 aromatic carbocycles. The minimum atomic E-state index is -0.117. The zero-order chi connectivity index (χ0) is 15.1. The van der Waals surface area contributed by atoms with E-state index in [1.165, 1.54) is 5.56 Å². The van der Waals surface area contributed by atoms with Gasteiger partial charge in [0.25, 0.3) is 0 Å². The van der Waals surface area contributed by atoms with Crippen LogP contribution in [0.15, 0.2) is 30.3 Å². The molecule has 1 aliphatic rings. The molecular weight excluding hydrogens is 300 g/mol. The average molecular weight is 327 g/mol. The monoisotopic (exact) mass is 326 g/mol. The van der Waals surface area contributed by atoms with E-state index in [9.17, 15) is 4.79 Å². The van der Waals surface area contributed by atoms with E-state index in [0.29, 0.717) is 19.0 Å². The Morgan fingerprint density at radius 1 is 1.32 bits per heavy atom. The first-order chi connectivity index (χ1) is 10.2. The Bertz CT molecular complexity index is 436. The summed E-state index contributed by atoms with van der Waals surface area (Å²) in [5.74, 6) is 0.581. The summed E-state index contributed by atoms with van der Waals surface area (Å²) in [5.41, 5.74) is 6.84. The van der Waals surface area contributed by atoms with Crippen LogP contribution < -0.4 is 5.73 Å². The van der Waals surface area contributed by atoms with Crippen molar-refractivity contribution in [2.75, 3.05) is 26.3 Å². The van der Waals surface area contributed by atoms with E-state index in [2.05, 4.69) is 12.1 Å². The molecule has 2 rings (SSSR count). The van der Waals surface area contributed by atoms with Crippen LogP contribution in [0.4, 0.5) is 0 Å². The van der Waals surface area contributed by atoms with Crippen molar-refractivity contribution in [2.45, 2.75) is 26.3 Å². The standard InChI is InChI=1S/C17H26N2O2.ClH/c1-14(11-18)17(20)19(12-15-5-3-2-4-6-15)13-16-7-9-21-10-8-16;/h2-6,14,16H,7-13,18H2,1H3;1H. The van der Waals surface area contributed by atoms with Gasteiger partial charge in [0.15, 0.2) is 0 Å². The molecule has 1 aliphatic heterocycles. The highest BCUT2D eigenvalue weighted by atomic mass is 35.5. The van der Waals surface area contributed by atoms with E-state index in [1.54, 1.807) is 0 Å². The first-order valence-electron chi connectivity index (χ1n) is 7.81. The summed E-state index contributed by atoms with van der Waals surface area (Å²) in [6, 6.07) is 10.2. The molecular formula is C17H27ClN2O2. The normalized spacial score (nSPS) is 16.6. The number of amides is 1. The Hall–Kier alpha value is -1.10. The van der Waals surface area contributed by atoms with Gasteiger partial charge in [-0.05, 0) is 24.3 Å². The molecule has 5 heteroatoms. The minimum absolute atomic E-state index is 0. The van der Waals surface area contributed by atoms with Crippen LogP contribution in [-0.2, 0) is 16.1 Å². The molecule has 1 unspecified atom stereocenters. The first kappa shape index (κ1) is 18.9. The Balaban J connectivity index is 0.00000242. The SMILES string of the molecule is CC(CN)C(=O)N(Cc1ccccc1)CC1CCOCC1.Cl. The summed E-state index contributed by atoms with van der Waals surface area (Å²) < 4.78 is 5.41. The Morgan fingerprint density at radius 2 is 1.95 bits per heavy atom. The van der Waals surface area contributed by atoms with Gasteiger partial charge in [0.2, 0.25) is 5.91 Å². The molecule has 1 fully saturated rings. The highest BCUT2D eigenvalue weighted by molar-refractivity contribution is 5.85. The maximum absolute atomic E-state index is 12.6. The van der Waals surface area contributed by atoms with Crippen molar-refractivity contribution < 1.29 is 9.53 Å². The van der Waals surface area contributed by atoms with Gasteiger partial charge in [-0.1, -0.05) is 37.3 Å². The molecule has 1 amide bonds. The lowest BCUT2D eigenvalue weighted by Crippen LogP contribution is -2.41. The van der Waals surface area contributed by atoms with Gasteiger partial charge in [-0.2, -0.15) is 0 Å². The van der Waals surface area contributed by atoms with Crippen LogP contribution in [0.3, 0.4) is 0 Å². The fourth-order valence-electron chi connectivity index (χ4n) is 2.69.